The van der Waals surface area contributed by atoms with Gasteiger partial charge in [0.15, 0.2) is 5.66 Å². The van der Waals surface area contributed by atoms with E-state index in [0.717, 1.165) is 10.8 Å². The van der Waals surface area contributed by atoms with Crippen molar-refractivity contribution in [3.8, 4) is 0 Å². The van der Waals surface area contributed by atoms with Crippen LogP contribution >= 0.6 is 42.1 Å². The van der Waals surface area contributed by atoms with Gasteiger partial charge in [0.1, 0.15) is 5.82 Å². The Kier molecular flexibility index (Phi) is 11.8. The van der Waals surface area contributed by atoms with Gasteiger partial charge >= 0.3 is 19.5 Å². The number of rotatable bonds is 11. The highest BCUT2D eigenvalue weighted by Crippen LogP contribution is 2.62. The van der Waals surface area contributed by atoms with Crippen LogP contribution in [0.2, 0.25) is 10.0 Å². The van der Waals surface area contributed by atoms with E-state index in [0.29, 0.717) is 16.0 Å². The smallest absolute Gasteiger partial charge is 0.353 e. The lowest BCUT2D eigenvalue weighted by atomic mass is 9.98. The zero-order chi connectivity index (χ0) is 32.9. The van der Waals surface area contributed by atoms with Gasteiger partial charge in [0, 0.05) is 20.9 Å². The second-order valence-corrected chi connectivity index (χ2v) is 15.6. The maximum atomic E-state index is 14.6. The molecule has 2 aromatic carbocycles. The van der Waals surface area contributed by atoms with Crippen molar-refractivity contribution < 1.29 is 41.9 Å². The predicted octanol–water partition coefficient (Wildman–Crippen LogP) is 8.50. The summed E-state index contributed by atoms with van der Waals surface area (Å²) >= 11 is 13.4. The molecule has 1 unspecified atom stereocenters. The minimum Gasteiger partial charge on any atom is -0.438 e. The summed E-state index contributed by atoms with van der Waals surface area (Å²) in [7, 11) is -4.66. The molecule has 0 saturated heterocycles. The van der Waals surface area contributed by atoms with E-state index in [9.17, 15) is 23.3 Å². The number of carbonyl (C=O) groups excluding carboxylic acids is 3. The third-order valence-corrected chi connectivity index (χ3v) is 9.39. The van der Waals surface area contributed by atoms with E-state index >= 15 is 0 Å². The standard InChI is InChI=1S/C30H33Cl2FNO8PS/c1-29(2,3)27(36)39-16-41-43(38,42-17-40-28(37)30(4,5)6)25(23-15-44-24-8-7-19(31)14-22(23)24)26(35)34-10-9-18-11-20(32)13-21(33)12-18/h7-15,25H,16-17H2,1-6H3,(H,34,35). The SMILES string of the molecule is CC(C)(C)C(=O)OCOP(=O)(OCOC(=O)C(C)(C)C)C(C(=O)NC=Cc1cc(F)cc(Cl)c1)c1csc2ccc(Cl)cc12. The summed E-state index contributed by atoms with van der Waals surface area (Å²) in [5, 5.41) is 5.13. The molecule has 238 valence electrons. The van der Waals surface area contributed by atoms with Crippen molar-refractivity contribution in [2.75, 3.05) is 13.6 Å². The lowest BCUT2D eigenvalue weighted by molar-refractivity contribution is -0.162. The van der Waals surface area contributed by atoms with Gasteiger partial charge in [-0.2, -0.15) is 0 Å². The van der Waals surface area contributed by atoms with Crippen LogP contribution in [0.25, 0.3) is 16.2 Å². The molecule has 1 atom stereocenters. The van der Waals surface area contributed by atoms with Crippen LogP contribution in [-0.2, 0) is 37.5 Å². The molecule has 0 aliphatic carbocycles. The van der Waals surface area contributed by atoms with Gasteiger partial charge in [-0.05, 0) is 106 Å². The molecule has 0 aliphatic heterocycles. The van der Waals surface area contributed by atoms with Crippen molar-refractivity contribution in [1.29, 1.82) is 0 Å². The summed E-state index contributed by atoms with van der Waals surface area (Å²) in [5.74, 6) is -2.75. The van der Waals surface area contributed by atoms with E-state index in [1.165, 1.54) is 35.7 Å². The highest BCUT2D eigenvalue weighted by molar-refractivity contribution is 7.55. The van der Waals surface area contributed by atoms with Gasteiger partial charge in [-0.15, -0.1) is 11.3 Å². The number of carbonyl (C=O) groups is 3. The summed E-state index contributed by atoms with van der Waals surface area (Å²) in [5.41, 5.74) is -2.88. The zero-order valence-corrected chi connectivity index (χ0v) is 28.2. The first kappa shape index (κ1) is 35.7. The summed E-state index contributed by atoms with van der Waals surface area (Å²) < 4.78 is 50.5. The van der Waals surface area contributed by atoms with Gasteiger partial charge in [0.2, 0.25) is 19.5 Å². The van der Waals surface area contributed by atoms with E-state index in [1.54, 1.807) is 65.1 Å². The monoisotopic (exact) mass is 687 g/mol. The van der Waals surface area contributed by atoms with Crippen LogP contribution in [0.4, 0.5) is 4.39 Å². The highest BCUT2D eigenvalue weighted by atomic mass is 35.5. The zero-order valence-electron chi connectivity index (χ0n) is 24.9. The molecule has 0 aliphatic rings. The summed E-state index contributed by atoms with van der Waals surface area (Å²) in [6, 6.07) is 8.79. The first-order chi connectivity index (χ1) is 20.4. The lowest BCUT2D eigenvalue weighted by Crippen LogP contribution is -2.29. The fourth-order valence-electron chi connectivity index (χ4n) is 3.58. The average molecular weight is 689 g/mol. The summed E-state index contributed by atoms with van der Waals surface area (Å²) in [6.07, 6.45) is 2.60. The van der Waals surface area contributed by atoms with E-state index in [2.05, 4.69) is 5.32 Å². The molecule has 1 aromatic heterocycles. The molecule has 3 aromatic rings. The van der Waals surface area contributed by atoms with E-state index in [1.807, 2.05) is 0 Å². The Bertz CT molecular complexity index is 1560. The van der Waals surface area contributed by atoms with Gasteiger partial charge in [-0.25, -0.2) is 4.39 Å². The molecule has 1 heterocycles. The third kappa shape index (κ3) is 9.60. The van der Waals surface area contributed by atoms with Crippen molar-refractivity contribution >= 4 is 76.1 Å². The normalized spacial score (nSPS) is 13.2. The van der Waals surface area contributed by atoms with Crippen LogP contribution in [-0.4, -0.2) is 31.4 Å². The van der Waals surface area contributed by atoms with Crippen molar-refractivity contribution in [1.82, 2.24) is 5.32 Å². The Labute approximate surface area is 269 Å². The molecule has 14 heteroatoms. The number of halogens is 3. The minimum absolute atomic E-state index is 0.149. The van der Waals surface area contributed by atoms with Crippen molar-refractivity contribution in [3.05, 3.63) is 75.0 Å². The number of benzene rings is 2. The summed E-state index contributed by atoms with van der Waals surface area (Å²) in [6.45, 7) is 8.05. The fraction of sp³-hybridized carbons (Fsp3) is 0.367. The van der Waals surface area contributed by atoms with Gasteiger partial charge in [-0.1, -0.05) is 23.2 Å². The Hall–Kier alpha value is -2.79. The van der Waals surface area contributed by atoms with Crippen molar-refractivity contribution in [2.45, 2.75) is 47.2 Å². The first-order valence-electron chi connectivity index (χ1n) is 13.2. The molecule has 9 nitrogen and oxygen atoms in total. The Morgan fingerprint density at radius 3 is 2.07 bits per heavy atom. The second kappa shape index (κ2) is 14.5. The predicted molar refractivity (Wildman–Crippen MR) is 169 cm³/mol. The van der Waals surface area contributed by atoms with Crippen LogP contribution in [0, 0.1) is 16.6 Å². The topological polar surface area (TPSA) is 117 Å². The van der Waals surface area contributed by atoms with Crippen LogP contribution in [0.5, 0.6) is 0 Å². The molecular formula is C30H33Cl2FNO8PS. The minimum atomic E-state index is -4.66. The van der Waals surface area contributed by atoms with Crippen molar-refractivity contribution in [2.24, 2.45) is 10.8 Å². The number of thiophene rings is 1. The lowest BCUT2D eigenvalue weighted by Gasteiger charge is -2.27. The van der Waals surface area contributed by atoms with Gasteiger partial charge in [-0.3, -0.25) is 28.0 Å². The fourth-order valence-corrected chi connectivity index (χ4v) is 6.74. The molecule has 0 fully saturated rings. The molecule has 1 amide bonds. The molecule has 44 heavy (non-hydrogen) atoms. The second-order valence-electron chi connectivity index (χ2n) is 11.7. The maximum Gasteiger partial charge on any atom is 0.353 e. The van der Waals surface area contributed by atoms with Crippen molar-refractivity contribution in [3.63, 3.8) is 0 Å². The maximum absolute atomic E-state index is 14.6. The third-order valence-electron chi connectivity index (χ3n) is 5.88. The van der Waals surface area contributed by atoms with Gasteiger partial charge in [0.25, 0.3) is 0 Å². The molecule has 3 rings (SSSR count). The van der Waals surface area contributed by atoms with Crippen LogP contribution in [0.3, 0.4) is 0 Å². The largest absolute Gasteiger partial charge is 0.438 e. The first-order valence-corrected chi connectivity index (χ1v) is 16.5. The van der Waals surface area contributed by atoms with E-state index < -0.39 is 61.3 Å². The number of amides is 1. The quantitative estimate of drug-likeness (QED) is 0.121. The number of hydrogen-bond donors (Lipinski definition) is 1. The summed E-state index contributed by atoms with van der Waals surface area (Å²) in [4.78, 5) is 38.6. The molecular weight excluding hydrogens is 655 g/mol. The molecule has 0 radical (unpaired) electrons. The molecule has 0 saturated carbocycles. The van der Waals surface area contributed by atoms with E-state index in [4.69, 9.17) is 41.7 Å². The molecule has 0 bridgehead atoms. The Morgan fingerprint density at radius 2 is 1.52 bits per heavy atom. The Morgan fingerprint density at radius 1 is 0.932 bits per heavy atom. The molecule has 1 N–H and O–H groups in total. The van der Waals surface area contributed by atoms with Crippen LogP contribution < -0.4 is 5.32 Å². The Balaban J connectivity index is 2.03. The highest BCUT2D eigenvalue weighted by Gasteiger charge is 2.45. The number of ether oxygens (including phenoxy) is 2. The number of nitrogens with one attached hydrogen (secondary N) is 1. The number of fused-ring (bicyclic) bond motifs is 1. The average Bonchev–Trinajstić information content (AvgIpc) is 3.29. The van der Waals surface area contributed by atoms with Crippen LogP contribution in [0.15, 0.2) is 48.0 Å². The number of hydrogen-bond acceptors (Lipinski definition) is 9. The van der Waals surface area contributed by atoms with Gasteiger partial charge in [0.05, 0.1) is 10.8 Å². The van der Waals surface area contributed by atoms with Gasteiger partial charge < -0.3 is 14.8 Å². The van der Waals surface area contributed by atoms with E-state index in [-0.39, 0.29) is 10.6 Å². The number of esters is 2. The van der Waals surface area contributed by atoms with Crippen LogP contribution in [0.1, 0.15) is 58.3 Å². The molecule has 0 spiro atoms.